The van der Waals surface area contributed by atoms with Crippen LogP contribution in [0.2, 0.25) is 0 Å². The van der Waals surface area contributed by atoms with Crippen LogP contribution in [0.3, 0.4) is 0 Å². The molecule has 0 spiro atoms. The maximum Gasteiger partial charge on any atom is 0.163 e. The van der Waals surface area contributed by atoms with Crippen LogP contribution in [0.5, 0.6) is 0 Å². The minimum atomic E-state index is 0.327. The number of hydrogen-bond acceptors (Lipinski definition) is 1. The van der Waals surface area contributed by atoms with Crippen molar-refractivity contribution in [3.05, 3.63) is 35.4 Å². The summed E-state index contributed by atoms with van der Waals surface area (Å²) in [5.41, 5.74) is 2.21. The summed E-state index contributed by atoms with van der Waals surface area (Å²) in [6, 6.07) is 8.28. The first-order chi connectivity index (χ1) is 10.1. The van der Waals surface area contributed by atoms with Gasteiger partial charge < -0.3 is 0 Å². The molecule has 0 saturated carbocycles. The van der Waals surface area contributed by atoms with Crippen molar-refractivity contribution in [2.75, 3.05) is 0 Å². The van der Waals surface area contributed by atoms with Gasteiger partial charge in [0.2, 0.25) is 0 Å². The van der Waals surface area contributed by atoms with E-state index >= 15 is 0 Å². The molecular formula is C20H32O. The third kappa shape index (κ3) is 6.93. The molecular weight excluding hydrogens is 256 g/mol. The van der Waals surface area contributed by atoms with Crippen LogP contribution < -0.4 is 0 Å². The van der Waals surface area contributed by atoms with E-state index in [1.54, 1.807) is 0 Å². The Hall–Kier alpha value is -1.11. The van der Waals surface area contributed by atoms with Gasteiger partial charge in [-0.3, -0.25) is 4.79 Å². The molecule has 21 heavy (non-hydrogen) atoms. The lowest BCUT2D eigenvalue weighted by Crippen LogP contribution is -2.09. The number of carbonyl (C=O) groups excluding carboxylic acids is 1. The molecule has 0 fully saturated rings. The standard InChI is InChI=1S/C20H32O/c1-5-8-17(9-6-2)15-20(21)19-11-7-10-18(14-19)13-12-16(3)4/h7,10-11,14,16-17H,5-6,8-9,12-13,15H2,1-4H3. The zero-order valence-electron chi connectivity index (χ0n) is 14.3. The molecule has 1 nitrogen and oxygen atoms in total. The Labute approximate surface area is 131 Å². The Morgan fingerprint density at radius 1 is 1.05 bits per heavy atom. The molecule has 118 valence electrons. The highest BCUT2D eigenvalue weighted by molar-refractivity contribution is 5.96. The summed E-state index contributed by atoms with van der Waals surface area (Å²) in [6.07, 6.45) is 7.67. The summed E-state index contributed by atoms with van der Waals surface area (Å²) < 4.78 is 0. The van der Waals surface area contributed by atoms with E-state index in [4.69, 9.17) is 0 Å². The Morgan fingerprint density at radius 2 is 1.71 bits per heavy atom. The minimum absolute atomic E-state index is 0.327. The second-order valence-corrected chi connectivity index (χ2v) is 6.70. The second kappa shape index (κ2) is 9.76. The molecule has 1 rings (SSSR count). The lowest BCUT2D eigenvalue weighted by molar-refractivity contribution is 0.0956. The third-order valence-electron chi connectivity index (χ3n) is 4.13. The lowest BCUT2D eigenvalue weighted by Gasteiger charge is -2.14. The molecule has 0 radical (unpaired) electrons. The van der Waals surface area contributed by atoms with E-state index < -0.39 is 0 Å². The molecule has 0 aliphatic carbocycles. The Balaban J connectivity index is 2.66. The molecule has 0 aromatic heterocycles. The maximum absolute atomic E-state index is 12.5. The van der Waals surface area contributed by atoms with Crippen LogP contribution in [0.15, 0.2) is 24.3 Å². The fraction of sp³-hybridized carbons (Fsp3) is 0.650. The van der Waals surface area contributed by atoms with Gasteiger partial charge in [0.05, 0.1) is 0 Å². The number of benzene rings is 1. The van der Waals surface area contributed by atoms with Crippen molar-refractivity contribution in [2.45, 2.75) is 72.6 Å². The highest BCUT2D eigenvalue weighted by atomic mass is 16.1. The van der Waals surface area contributed by atoms with Crippen molar-refractivity contribution < 1.29 is 4.79 Å². The molecule has 0 unspecified atom stereocenters. The van der Waals surface area contributed by atoms with Gasteiger partial charge in [0.1, 0.15) is 0 Å². The maximum atomic E-state index is 12.5. The first-order valence-electron chi connectivity index (χ1n) is 8.68. The van der Waals surface area contributed by atoms with Gasteiger partial charge >= 0.3 is 0 Å². The molecule has 0 bridgehead atoms. The van der Waals surface area contributed by atoms with E-state index in [0.717, 1.165) is 18.4 Å². The number of Topliss-reactive ketones (excluding diaryl/α,β-unsaturated/α-hetero) is 1. The van der Waals surface area contributed by atoms with Gasteiger partial charge in [-0.2, -0.15) is 0 Å². The van der Waals surface area contributed by atoms with Crippen molar-refractivity contribution >= 4 is 5.78 Å². The smallest absolute Gasteiger partial charge is 0.163 e. The molecule has 0 amide bonds. The van der Waals surface area contributed by atoms with Gasteiger partial charge in [0.15, 0.2) is 5.78 Å². The second-order valence-electron chi connectivity index (χ2n) is 6.70. The van der Waals surface area contributed by atoms with Gasteiger partial charge in [-0.05, 0) is 36.3 Å². The first-order valence-corrected chi connectivity index (χ1v) is 8.68. The quantitative estimate of drug-likeness (QED) is 0.478. The summed E-state index contributed by atoms with van der Waals surface area (Å²) >= 11 is 0. The van der Waals surface area contributed by atoms with Crippen molar-refractivity contribution in [3.8, 4) is 0 Å². The Bertz CT molecular complexity index is 414. The molecule has 1 aromatic carbocycles. The number of ketones is 1. The highest BCUT2D eigenvalue weighted by Gasteiger charge is 2.14. The van der Waals surface area contributed by atoms with Crippen LogP contribution in [-0.4, -0.2) is 5.78 Å². The predicted molar refractivity (Wildman–Crippen MR) is 91.9 cm³/mol. The van der Waals surface area contributed by atoms with E-state index in [2.05, 4.69) is 39.8 Å². The minimum Gasteiger partial charge on any atom is -0.294 e. The highest BCUT2D eigenvalue weighted by Crippen LogP contribution is 2.21. The normalized spacial score (nSPS) is 11.3. The van der Waals surface area contributed by atoms with Crippen LogP contribution in [0.1, 0.15) is 82.1 Å². The van der Waals surface area contributed by atoms with E-state index in [9.17, 15) is 4.79 Å². The SMILES string of the molecule is CCCC(CCC)CC(=O)c1cccc(CCC(C)C)c1. The largest absolute Gasteiger partial charge is 0.294 e. The number of aryl methyl sites for hydroxylation is 1. The van der Waals surface area contributed by atoms with Crippen LogP contribution in [-0.2, 0) is 6.42 Å². The van der Waals surface area contributed by atoms with Gasteiger partial charge in [0, 0.05) is 12.0 Å². The summed E-state index contributed by atoms with van der Waals surface area (Å²) in [6.45, 7) is 8.91. The fourth-order valence-electron chi connectivity index (χ4n) is 2.90. The molecule has 1 aromatic rings. The van der Waals surface area contributed by atoms with Gasteiger partial charge in [-0.15, -0.1) is 0 Å². The van der Waals surface area contributed by atoms with Gasteiger partial charge in [-0.1, -0.05) is 71.6 Å². The monoisotopic (exact) mass is 288 g/mol. The number of hydrogen-bond donors (Lipinski definition) is 0. The molecule has 1 heteroatoms. The van der Waals surface area contributed by atoms with Crippen molar-refractivity contribution in [3.63, 3.8) is 0 Å². The predicted octanol–water partition coefficient (Wildman–Crippen LogP) is 6.06. The molecule has 0 heterocycles. The number of rotatable bonds is 10. The Morgan fingerprint density at radius 3 is 2.29 bits per heavy atom. The van der Waals surface area contributed by atoms with E-state index in [1.807, 2.05) is 12.1 Å². The summed E-state index contributed by atoms with van der Waals surface area (Å²) in [5.74, 6) is 1.60. The van der Waals surface area contributed by atoms with Crippen LogP contribution in [0.25, 0.3) is 0 Å². The van der Waals surface area contributed by atoms with Gasteiger partial charge in [0.25, 0.3) is 0 Å². The van der Waals surface area contributed by atoms with E-state index in [1.165, 1.54) is 37.7 Å². The molecule has 0 saturated heterocycles. The zero-order chi connectivity index (χ0) is 15.7. The zero-order valence-corrected chi connectivity index (χ0v) is 14.3. The average molecular weight is 288 g/mol. The molecule has 0 atom stereocenters. The molecule has 0 N–H and O–H groups in total. The topological polar surface area (TPSA) is 17.1 Å². The van der Waals surface area contributed by atoms with Crippen molar-refractivity contribution in [2.24, 2.45) is 11.8 Å². The van der Waals surface area contributed by atoms with Crippen molar-refractivity contribution in [1.82, 2.24) is 0 Å². The van der Waals surface area contributed by atoms with Crippen LogP contribution in [0.4, 0.5) is 0 Å². The lowest BCUT2D eigenvalue weighted by atomic mass is 9.90. The first kappa shape index (κ1) is 17.9. The van der Waals surface area contributed by atoms with Crippen LogP contribution >= 0.6 is 0 Å². The average Bonchev–Trinajstić information content (AvgIpc) is 2.46. The summed E-state index contributed by atoms with van der Waals surface area (Å²) in [7, 11) is 0. The Kier molecular flexibility index (Phi) is 8.34. The van der Waals surface area contributed by atoms with Crippen molar-refractivity contribution in [1.29, 1.82) is 0 Å². The fourth-order valence-corrected chi connectivity index (χ4v) is 2.90. The summed E-state index contributed by atoms with van der Waals surface area (Å²) in [5, 5.41) is 0. The van der Waals surface area contributed by atoms with Crippen LogP contribution in [0, 0.1) is 11.8 Å². The van der Waals surface area contributed by atoms with E-state index in [-0.39, 0.29) is 0 Å². The summed E-state index contributed by atoms with van der Waals surface area (Å²) in [4.78, 5) is 12.5. The van der Waals surface area contributed by atoms with E-state index in [0.29, 0.717) is 17.6 Å². The molecule has 0 aliphatic rings. The molecule has 0 aliphatic heterocycles. The number of carbonyl (C=O) groups is 1. The van der Waals surface area contributed by atoms with Gasteiger partial charge in [-0.25, -0.2) is 0 Å². The third-order valence-corrected chi connectivity index (χ3v) is 4.13.